The zero-order valence-electron chi connectivity index (χ0n) is 12.3. The van der Waals surface area contributed by atoms with Gasteiger partial charge in [-0.2, -0.15) is 0 Å². The molecule has 3 atom stereocenters. The lowest BCUT2D eigenvalue weighted by Crippen LogP contribution is -2.47. The van der Waals surface area contributed by atoms with Crippen molar-refractivity contribution >= 4 is 17.5 Å². The van der Waals surface area contributed by atoms with Gasteiger partial charge in [0.25, 0.3) is 0 Å². The first-order valence-electron chi connectivity index (χ1n) is 7.67. The molecule has 2 N–H and O–H groups in total. The topological polar surface area (TPSA) is 55.6 Å². The zero-order valence-corrected chi connectivity index (χ0v) is 13.1. The van der Waals surface area contributed by atoms with E-state index in [1.165, 1.54) is 6.07 Å². The molecular formula is C16H20ClFN2O2. The van der Waals surface area contributed by atoms with Crippen LogP contribution < -0.4 is 5.73 Å². The number of halogens is 2. The predicted molar refractivity (Wildman–Crippen MR) is 82.0 cm³/mol. The summed E-state index contributed by atoms with van der Waals surface area (Å²) in [4.78, 5) is 14.4. The number of ether oxygens (including phenoxy) is 1. The van der Waals surface area contributed by atoms with Crippen LogP contribution in [0.25, 0.3) is 0 Å². The Bertz CT molecular complexity index is 569. The van der Waals surface area contributed by atoms with E-state index < -0.39 is 5.82 Å². The van der Waals surface area contributed by atoms with Crippen molar-refractivity contribution < 1.29 is 13.9 Å². The van der Waals surface area contributed by atoms with Crippen LogP contribution in [0, 0.1) is 11.7 Å². The molecule has 1 saturated carbocycles. The maximum absolute atomic E-state index is 13.3. The molecule has 4 nitrogen and oxygen atoms in total. The third-order valence-corrected chi connectivity index (χ3v) is 4.87. The lowest BCUT2D eigenvalue weighted by atomic mass is 10.0. The van der Waals surface area contributed by atoms with Crippen molar-refractivity contribution in [1.82, 2.24) is 4.90 Å². The summed E-state index contributed by atoms with van der Waals surface area (Å²) in [6, 6.07) is 4.52. The van der Waals surface area contributed by atoms with E-state index >= 15 is 0 Å². The number of benzene rings is 1. The Kier molecular flexibility index (Phi) is 4.66. The van der Waals surface area contributed by atoms with Crippen molar-refractivity contribution in [2.24, 2.45) is 11.7 Å². The molecule has 0 aromatic heterocycles. The van der Waals surface area contributed by atoms with E-state index in [2.05, 4.69) is 0 Å². The van der Waals surface area contributed by atoms with Gasteiger partial charge in [-0.25, -0.2) is 4.39 Å². The summed E-state index contributed by atoms with van der Waals surface area (Å²) in [5.74, 6) is -0.409. The Morgan fingerprint density at radius 3 is 2.91 bits per heavy atom. The van der Waals surface area contributed by atoms with Gasteiger partial charge in [0.15, 0.2) is 0 Å². The van der Waals surface area contributed by atoms with E-state index in [0.717, 1.165) is 24.8 Å². The maximum Gasteiger partial charge on any atom is 0.227 e. The third-order valence-electron chi connectivity index (χ3n) is 4.58. The number of rotatable bonds is 2. The molecule has 1 aromatic carbocycles. The highest BCUT2D eigenvalue weighted by atomic mass is 35.5. The molecule has 2 aliphatic rings. The molecule has 1 aliphatic heterocycles. The summed E-state index contributed by atoms with van der Waals surface area (Å²) in [5, 5.41) is 0.0716. The van der Waals surface area contributed by atoms with Crippen LogP contribution in [0.3, 0.4) is 0 Å². The number of morpholine rings is 1. The van der Waals surface area contributed by atoms with Gasteiger partial charge >= 0.3 is 0 Å². The summed E-state index contributed by atoms with van der Waals surface area (Å²) < 4.78 is 19.0. The molecule has 2 fully saturated rings. The van der Waals surface area contributed by atoms with Gasteiger partial charge in [0.1, 0.15) is 11.9 Å². The standard InChI is InChI=1S/C16H20ClFN2O2/c17-12-8-10(4-5-13(12)18)15-9-20(6-7-22-15)16(21)11-2-1-3-14(11)19/h4-5,8,11,14-15H,1-3,6-7,9,19H2. The second-order valence-corrected chi connectivity index (χ2v) is 6.43. The van der Waals surface area contributed by atoms with Gasteiger partial charge in [-0.15, -0.1) is 0 Å². The van der Waals surface area contributed by atoms with E-state index in [0.29, 0.717) is 19.7 Å². The Balaban J connectivity index is 1.71. The summed E-state index contributed by atoms with van der Waals surface area (Å²) >= 11 is 5.83. The molecule has 22 heavy (non-hydrogen) atoms. The lowest BCUT2D eigenvalue weighted by molar-refractivity contribution is -0.143. The molecule has 6 heteroatoms. The van der Waals surface area contributed by atoms with Gasteiger partial charge in [-0.05, 0) is 30.5 Å². The smallest absolute Gasteiger partial charge is 0.227 e. The van der Waals surface area contributed by atoms with Crippen LogP contribution in [0.1, 0.15) is 30.9 Å². The number of carbonyl (C=O) groups excluding carboxylic acids is 1. The van der Waals surface area contributed by atoms with Gasteiger partial charge in [-0.1, -0.05) is 24.1 Å². The fraction of sp³-hybridized carbons (Fsp3) is 0.562. The maximum atomic E-state index is 13.3. The van der Waals surface area contributed by atoms with Crippen molar-refractivity contribution in [1.29, 1.82) is 0 Å². The largest absolute Gasteiger partial charge is 0.370 e. The summed E-state index contributed by atoms with van der Waals surface area (Å²) in [7, 11) is 0. The van der Waals surface area contributed by atoms with Gasteiger partial charge in [0.2, 0.25) is 5.91 Å². The van der Waals surface area contributed by atoms with E-state index in [1.54, 1.807) is 12.1 Å². The van der Waals surface area contributed by atoms with E-state index in [-0.39, 0.29) is 29.0 Å². The minimum atomic E-state index is -0.453. The highest BCUT2D eigenvalue weighted by molar-refractivity contribution is 6.30. The van der Waals surface area contributed by atoms with Crippen LogP contribution in [0.15, 0.2) is 18.2 Å². The number of carbonyl (C=O) groups is 1. The number of nitrogens with zero attached hydrogens (tertiary/aromatic N) is 1. The first-order chi connectivity index (χ1) is 10.6. The first-order valence-corrected chi connectivity index (χ1v) is 8.05. The minimum absolute atomic E-state index is 0.0333. The lowest BCUT2D eigenvalue weighted by Gasteiger charge is -2.35. The average Bonchev–Trinajstić information content (AvgIpc) is 2.95. The molecule has 0 radical (unpaired) electrons. The fourth-order valence-electron chi connectivity index (χ4n) is 3.29. The summed E-state index contributed by atoms with van der Waals surface area (Å²) in [6.07, 6.45) is 2.52. The molecule has 3 rings (SSSR count). The molecule has 0 bridgehead atoms. The zero-order chi connectivity index (χ0) is 15.7. The molecule has 1 heterocycles. The third kappa shape index (κ3) is 3.12. The van der Waals surface area contributed by atoms with Crippen LogP contribution in [0.2, 0.25) is 5.02 Å². The number of hydrogen-bond donors (Lipinski definition) is 1. The number of hydrogen-bond acceptors (Lipinski definition) is 3. The first kappa shape index (κ1) is 15.7. The highest BCUT2D eigenvalue weighted by Gasteiger charge is 2.35. The SMILES string of the molecule is NC1CCCC1C(=O)N1CCOC(c2ccc(F)c(Cl)c2)C1. The number of nitrogens with two attached hydrogens (primary N) is 1. The van der Waals surface area contributed by atoms with Crippen LogP contribution in [0.4, 0.5) is 4.39 Å². The molecule has 0 spiro atoms. The summed E-state index contributed by atoms with van der Waals surface area (Å²) in [5.41, 5.74) is 6.82. The van der Waals surface area contributed by atoms with Gasteiger partial charge < -0.3 is 15.4 Å². The quantitative estimate of drug-likeness (QED) is 0.908. The minimum Gasteiger partial charge on any atom is -0.370 e. The van der Waals surface area contributed by atoms with Gasteiger partial charge in [0, 0.05) is 12.6 Å². The van der Waals surface area contributed by atoms with E-state index in [4.69, 9.17) is 22.1 Å². The highest BCUT2D eigenvalue weighted by Crippen LogP contribution is 2.30. The molecule has 120 valence electrons. The van der Waals surface area contributed by atoms with Crippen molar-refractivity contribution in [2.75, 3.05) is 19.7 Å². The number of amides is 1. The average molecular weight is 327 g/mol. The Morgan fingerprint density at radius 1 is 1.41 bits per heavy atom. The molecule has 1 saturated heterocycles. The van der Waals surface area contributed by atoms with Crippen LogP contribution in [0.5, 0.6) is 0 Å². The van der Waals surface area contributed by atoms with Crippen LogP contribution in [-0.2, 0) is 9.53 Å². The predicted octanol–water partition coefficient (Wildman–Crippen LogP) is 2.51. The van der Waals surface area contributed by atoms with Gasteiger partial charge in [0.05, 0.1) is 24.1 Å². The van der Waals surface area contributed by atoms with Crippen LogP contribution >= 0.6 is 11.6 Å². The molecule has 1 aromatic rings. The van der Waals surface area contributed by atoms with Crippen molar-refractivity contribution in [3.05, 3.63) is 34.6 Å². The Labute approximate surface area is 134 Å². The molecule has 1 amide bonds. The monoisotopic (exact) mass is 326 g/mol. The molecular weight excluding hydrogens is 307 g/mol. The van der Waals surface area contributed by atoms with Crippen LogP contribution in [-0.4, -0.2) is 36.5 Å². The molecule has 1 aliphatic carbocycles. The fourth-order valence-corrected chi connectivity index (χ4v) is 3.48. The van der Waals surface area contributed by atoms with Gasteiger partial charge in [-0.3, -0.25) is 4.79 Å². The molecule has 3 unspecified atom stereocenters. The second-order valence-electron chi connectivity index (χ2n) is 6.02. The van der Waals surface area contributed by atoms with E-state index in [1.807, 2.05) is 4.90 Å². The van der Waals surface area contributed by atoms with Crippen molar-refractivity contribution in [3.8, 4) is 0 Å². The Hall–Kier alpha value is -1.17. The van der Waals surface area contributed by atoms with E-state index in [9.17, 15) is 9.18 Å². The van der Waals surface area contributed by atoms with Crippen molar-refractivity contribution in [2.45, 2.75) is 31.4 Å². The summed E-state index contributed by atoms with van der Waals surface area (Å²) in [6.45, 7) is 1.50. The normalized spacial score (nSPS) is 28.9. The van der Waals surface area contributed by atoms with Crippen molar-refractivity contribution in [3.63, 3.8) is 0 Å². The second kappa shape index (κ2) is 6.52. The Morgan fingerprint density at radius 2 is 2.23 bits per heavy atom.